The quantitative estimate of drug-likeness (QED) is 0.714. The van der Waals surface area contributed by atoms with Crippen molar-refractivity contribution in [2.24, 2.45) is 5.92 Å². The van der Waals surface area contributed by atoms with E-state index in [0.717, 1.165) is 58.3 Å². The maximum absolute atomic E-state index is 12.8. The highest BCUT2D eigenvalue weighted by atomic mass is 16.2. The molecule has 8 heteroatoms. The molecule has 0 spiro atoms. The molecule has 0 saturated carbocycles. The minimum Gasteiger partial charge on any atom is -0.356 e. The molecule has 2 amide bonds. The number of piperidine rings is 2. The summed E-state index contributed by atoms with van der Waals surface area (Å²) in [5.74, 6) is 0.426. The van der Waals surface area contributed by atoms with Crippen molar-refractivity contribution in [2.45, 2.75) is 51.1 Å². The van der Waals surface area contributed by atoms with Crippen molar-refractivity contribution < 1.29 is 9.59 Å². The number of rotatable bonds is 7. The highest BCUT2D eigenvalue weighted by molar-refractivity contribution is 5.80. The van der Waals surface area contributed by atoms with Crippen molar-refractivity contribution in [3.8, 4) is 0 Å². The van der Waals surface area contributed by atoms with Crippen LogP contribution in [-0.4, -0.2) is 75.1 Å². The molecule has 1 atom stereocenters. The molecule has 1 aromatic carbocycles. The molecular weight excluding hydrogens is 404 g/mol. The first-order valence-corrected chi connectivity index (χ1v) is 11.8. The summed E-state index contributed by atoms with van der Waals surface area (Å²) in [5.41, 5.74) is 1.25. The third-order valence-electron chi connectivity index (χ3n) is 6.94. The van der Waals surface area contributed by atoms with Crippen LogP contribution in [-0.2, 0) is 16.0 Å². The molecule has 1 N–H and O–H groups in total. The van der Waals surface area contributed by atoms with Gasteiger partial charge in [0.25, 0.3) is 0 Å². The summed E-state index contributed by atoms with van der Waals surface area (Å²) in [7, 11) is 0. The van der Waals surface area contributed by atoms with E-state index in [1.54, 1.807) is 11.0 Å². The lowest BCUT2D eigenvalue weighted by molar-refractivity contribution is -0.136. The number of hydrogen-bond acceptors (Lipinski definition) is 5. The van der Waals surface area contributed by atoms with Crippen LogP contribution in [0.3, 0.4) is 0 Å². The monoisotopic (exact) mass is 438 g/mol. The minimum atomic E-state index is -0.315. The van der Waals surface area contributed by atoms with Crippen molar-refractivity contribution in [1.82, 2.24) is 29.9 Å². The average molecular weight is 439 g/mol. The number of nitrogens with one attached hydrogen (secondary N) is 1. The smallest absolute Gasteiger partial charge is 0.247 e. The Kier molecular flexibility index (Phi) is 7.52. The molecule has 1 unspecified atom stereocenters. The van der Waals surface area contributed by atoms with Crippen molar-refractivity contribution in [3.63, 3.8) is 0 Å². The van der Waals surface area contributed by atoms with Gasteiger partial charge in [-0.3, -0.25) is 9.59 Å². The van der Waals surface area contributed by atoms with Gasteiger partial charge in [-0.05, 0) is 57.7 Å². The number of amides is 2. The van der Waals surface area contributed by atoms with E-state index in [0.29, 0.717) is 12.6 Å². The second-order valence-electron chi connectivity index (χ2n) is 8.94. The van der Waals surface area contributed by atoms with Crippen LogP contribution >= 0.6 is 0 Å². The standard InChI is InChI=1S/C24H34N6O2/c1-19(30-18-25-17-27-30)24(32)29-15-10-22(11-16-29)28-13-8-21(9-14-28)23(31)26-12-7-20-5-3-2-4-6-20/h2-6,17-19,21-22H,7-16H2,1H3,(H,26,31). The molecule has 0 bridgehead atoms. The van der Waals surface area contributed by atoms with Gasteiger partial charge in [-0.2, -0.15) is 5.10 Å². The first kappa shape index (κ1) is 22.5. The van der Waals surface area contributed by atoms with Gasteiger partial charge in [0, 0.05) is 31.6 Å². The van der Waals surface area contributed by atoms with Crippen molar-refractivity contribution >= 4 is 11.8 Å². The Hall–Kier alpha value is -2.74. The molecule has 8 nitrogen and oxygen atoms in total. The van der Waals surface area contributed by atoms with Crippen molar-refractivity contribution in [2.75, 3.05) is 32.7 Å². The Morgan fingerprint density at radius 1 is 1.06 bits per heavy atom. The number of carbonyl (C=O) groups is 2. The predicted molar refractivity (Wildman–Crippen MR) is 122 cm³/mol. The van der Waals surface area contributed by atoms with E-state index in [1.807, 2.05) is 30.0 Å². The Morgan fingerprint density at radius 3 is 2.44 bits per heavy atom. The fraction of sp³-hybridized carbons (Fsp3) is 0.583. The topological polar surface area (TPSA) is 83.4 Å². The number of benzene rings is 1. The largest absolute Gasteiger partial charge is 0.356 e. The molecule has 2 aromatic rings. The molecule has 0 radical (unpaired) electrons. The normalized spacial score (nSPS) is 19.6. The van der Waals surface area contributed by atoms with E-state index < -0.39 is 0 Å². The van der Waals surface area contributed by atoms with Gasteiger partial charge in [-0.15, -0.1) is 0 Å². The first-order valence-electron chi connectivity index (χ1n) is 11.8. The summed E-state index contributed by atoms with van der Waals surface area (Å²) in [6, 6.07) is 10.5. The number of carbonyl (C=O) groups excluding carboxylic acids is 2. The van der Waals surface area contributed by atoms with E-state index >= 15 is 0 Å². The van der Waals surface area contributed by atoms with Crippen LogP contribution in [0.4, 0.5) is 0 Å². The van der Waals surface area contributed by atoms with Crippen LogP contribution in [0.5, 0.6) is 0 Å². The van der Waals surface area contributed by atoms with Gasteiger partial charge in [0.2, 0.25) is 11.8 Å². The molecule has 1 aromatic heterocycles. The third-order valence-corrected chi connectivity index (χ3v) is 6.94. The molecule has 0 aliphatic carbocycles. The summed E-state index contributed by atoms with van der Waals surface area (Å²) in [6.07, 6.45) is 7.74. The maximum Gasteiger partial charge on any atom is 0.247 e. The van der Waals surface area contributed by atoms with Gasteiger partial charge in [-0.1, -0.05) is 30.3 Å². The maximum atomic E-state index is 12.8. The highest BCUT2D eigenvalue weighted by Crippen LogP contribution is 2.25. The molecule has 4 rings (SSSR count). The first-order chi connectivity index (χ1) is 15.6. The zero-order valence-corrected chi connectivity index (χ0v) is 18.9. The van der Waals surface area contributed by atoms with Crippen LogP contribution in [0.25, 0.3) is 0 Å². The molecule has 2 saturated heterocycles. The van der Waals surface area contributed by atoms with E-state index in [9.17, 15) is 9.59 Å². The van der Waals surface area contributed by atoms with E-state index in [1.165, 1.54) is 11.9 Å². The van der Waals surface area contributed by atoms with Gasteiger partial charge in [0.1, 0.15) is 18.7 Å². The second kappa shape index (κ2) is 10.7. The van der Waals surface area contributed by atoms with E-state index in [4.69, 9.17) is 0 Å². The van der Waals surface area contributed by atoms with Gasteiger partial charge in [0.05, 0.1) is 0 Å². The Balaban J connectivity index is 1.16. The molecule has 2 aliphatic heterocycles. The lowest BCUT2D eigenvalue weighted by atomic mass is 9.92. The Labute approximate surface area is 190 Å². The summed E-state index contributed by atoms with van der Waals surface area (Å²) in [5, 5.41) is 7.22. The summed E-state index contributed by atoms with van der Waals surface area (Å²) >= 11 is 0. The molecule has 3 heterocycles. The van der Waals surface area contributed by atoms with Gasteiger partial charge < -0.3 is 15.1 Å². The number of nitrogens with zero attached hydrogens (tertiary/aromatic N) is 5. The minimum absolute atomic E-state index is 0.111. The highest BCUT2D eigenvalue weighted by Gasteiger charge is 2.32. The summed E-state index contributed by atoms with van der Waals surface area (Å²) < 4.78 is 1.62. The zero-order valence-electron chi connectivity index (χ0n) is 18.9. The fourth-order valence-corrected chi connectivity index (χ4v) is 4.89. The Morgan fingerprint density at radius 2 is 1.78 bits per heavy atom. The molecule has 32 heavy (non-hydrogen) atoms. The molecule has 2 aliphatic rings. The van der Waals surface area contributed by atoms with Crippen molar-refractivity contribution in [3.05, 3.63) is 48.5 Å². The van der Waals surface area contributed by atoms with Crippen LogP contribution in [0, 0.1) is 5.92 Å². The molecular formula is C24H34N6O2. The van der Waals surface area contributed by atoms with Gasteiger partial charge in [0.15, 0.2) is 0 Å². The predicted octanol–water partition coefficient (Wildman–Crippen LogP) is 1.90. The van der Waals surface area contributed by atoms with Gasteiger partial charge >= 0.3 is 0 Å². The number of hydrogen-bond donors (Lipinski definition) is 1. The van der Waals surface area contributed by atoms with Crippen LogP contribution < -0.4 is 5.32 Å². The van der Waals surface area contributed by atoms with E-state index in [2.05, 4.69) is 32.4 Å². The van der Waals surface area contributed by atoms with E-state index in [-0.39, 0.29) is 23.8 Å². The summed E-state index contributed by atoms with van der Waals surface area (Å²) in [4.78, 5) is 33.7. The molecule has 2 fully saturated rings. The average Bonchev–Trinajstić information content (AvgIpc) is 3.39. The number of aromatic nitrogens is 3. The zero-order chi connectivity index (χ0) is 22.3. The lowest BCUT2D eigenvalue weighted by Crippen LogP contribution is -2.51. The fourth-order valence-electron chi connectivity index (χ4n) is 4.89. The summed E-state index contributed by atoms with van der Waals surface area (Å²) in [6.45, 7) is 6.06. The van der Waals surface area contributed by atoms with Crippen LogP contribution in [0.2, 0.25) is 0 Å². The Bertz CT molecular complexity index is 856. The van der Waals surface area contributed by atoms with Crippen molar-refractivity contribution in [1.29, 1.82) is 0 Å². The van der Waals surface area contributed by atoms with Crippen LogP contribution in [0.1, 0.15) is 44.2 Å². The second-order valence-corrected chi connectivity index (χ2v) is 8.94. The number of likely N-dealkylation sites (tertiary alicyclic amines) is 2. The SMILES string of the molecule is CC(C(=O)N1CCC(N2CCC(C(=O)NCCc3ccccc3)CC2)CC1)n1cncn1. The third kappa shape index (κ3) is 5.54. The van der Waals surface area contributed by atoms with Crippen LogP contribution in [0.15, 0.2) is 43.0 Å². The molecule has 172 valence electrons. The van der Waals surface area contributed by atoms with Gasteiger partial charge in [-0.25, -0.2) is 9.67 Å². The lowest BCUT2D eigenvalue weighted by Gasteiger charge is -2.42.